The second-order valence-electron chi connectivity index (χ2n) is 6.52. The molecule has 1 aromatic carbocycles. The molecule has 1 amide bonds. The van der Waals surface area contributed by atoms with Crippen molar-refractivity contribution in [2.75, 3.05) is 5.32 Å². The van der Waals surface area contributed by atoms with Gasteiger partial charge in [0.25, 0.3) is 5.56 Å². The van der Waals surface area contributed by atoms with Gasteiger partial charge in [-0.3, -0.25) is 10.1 Å². The highest BCUT2D eigenvalue weighted by atomic mass is 79.9. The Hall–Kier alpha value is -1.89. The molecule has 7 heteroatoms. The minimum absolute atomic E-state index is 0.0642. The Labute approximate surface area is 143 Å². The van der Waals surface area contributed by atoms with Crippen LogP contribution in [-0.4, -0.2) is 21.5 Å². The smallest absolute Gasteiger partial charge is 0.412 e. The highest BCUT2D eigenvalue weighted by Crippen LogP contribution is 2.23. The van der Waals surface area contributed by atoms with Gasteiger partial charge in [0.1, 0.15) is 10.2 Å². The normalized spacial score (nSPS) is 11.8. The molecule has 1 aromatic heterocycles. The molecule has 2 aromatic rings. The topological polar surface area (TPSA) is 73.2 Å². The maximum Gasteiger partial charge on any atom is 0.412 e. The first-order valence-corrected chi connectivity index (χ1v) is 8.10. The Bertz CT molecular complexity index is 807. The lowest BCUT2D eigenvalue weighted by Gasteiger charge is -2.19. The van der Waals surface area contributed by atoms with E-state index < -0.39 is 11.7 Å². The van der Waals surface area contributed by atoms with E-state index in [1.807, 2.05) is 13.8 Å². The predicted molar refractivity (Wildman–Crippen MR) is 93.9 cm³/mol. The quantitative estimate of drug-likeness (QED) is 0.849. The number of nitrogens with zero attached hydrogens (tertiary/aromatic N) is 2. The molecule has 2 rings (SSSR count). The van der Waals surface area contributed by atoms with E-state index in [2.05, 4.69) is 26.3 Å². The first-order valence-electron chi connectivity index (χ1n) is 7.30. The van der Waals surface area contributed by atoms with E-state index in [0.717, 1.165) is 0 Å². The highest BCUT2D eigenvalue weighted by molar-refractivity contribution is 9.10. The third kappa shape index (κ3) is 4.10. The van der Waals surface area contributed by atoms with Gasteiger partial charge in [-0.15, -0.1) is 0 Å². The Kier molecular flexibility index (Phi) is 4.79. The molecule has 0 atom stereocenters. The van der Waals surface area contributed by atoms with Crippen LogP contribution in [0.5, 0.6) is 0 Å². The fourth-order valence-corrected chi connectivity index (χ4v) is 2.58. The fourth-order valence-electron chi connectivity index (χ4n) is 2.07. The third-order valence-corrected chi connectivity index (χ3v) is 3.60. The molecule has 0 spiro atoms. The summed E-state index contributed by atoms with van der Waals surface area (Å²) in [5.74, 6) is 0. The van der Waals surface area contributed by atoms with Crippen LogP contribution in [0, 0.1) is 0 Å². The lowest BCUT2D eigenvalue weighted by molar-refractivity contribution is 0.0636. The summed E-state index contributed by atoms with van der Waals surface area (Å²) in [4.78, 5) is 24.4. The zero-order valence-corrected chi connectivity index (χ0v) is 15.4. The van der Waals surface area contributed by atoms with Gasteiger partial charge in [-0.25, -0.2) is 9.48 Å². The number of nitrogens with one attached hydrogen (secondary N) is 1. The molecule has 0 saturated carbocycles. The predicted octanol–water partition coefficient (Wildman–Crippen LogP) is 4.09. The minimum Gasteiger partial charge on any atom is -0.444 e. The molecule has 0 bridgehead atoms. The second-order valence-corrected chi connectivity index (χ2v) is 7.27. The van der Waals surface area contributed by atoms with Crippen LogP contribution in [0.25, 0.3) is 10.8 Å². The van der Waals surface area contributed by atoms with Gasteiger partial charge in [0.2, 0.25) is 0 Å². The summed E-state index contributed by atoms with van der Waals surface area (Å²) in [5, 5.41) is 8.07. The molecule has 0 unspecified atom stereocenters. The number of hydrogen-bond donors (Lipinski definition) is 1. The average molecular weight is 382 g/mol. The fraction of sp³-hybridized carbons (Fsp3) is 0.438. The van der Waals surface area contributed by atoms with Gasteiger partial charge in [0.05, 0.1) is 11.4 Å². The van der Waals surface area contributed by atoms with Crippen LogP contribution in [-0.2, 0) is 4.74 Å². The van der Waals surface area contributed by atoms with Crippen LogP contribution in [0.15, 0.2) is 27.6 Å². The van der Waals surface area contributed by atoms with Crippen molar-refractivity contribution in [3.05, 3.63) is 33.2 Å². The lowest BCUT2D eigenvalue weighted by atomic mass is 10.1. The molecule has 0 aliphatic heterocycles. The number of aromatic nitrogens is 2. The number of anilines is 1. The van der Waals surface area contributed by atoms with Crippen LogP contribution in [0.4, 0.5) is 10.5 Å². The summed E-state index contributed by atoms with van der Waals surface area (Å²) in [5.41, 5.74) is -0.290. The first kappa shape index (κ1) is 17.5. The summed E-state index contributed by atoms with van der Waals surface area (Å²) in [6.07, 6.45) is -0.561. The summed E-state index contributed by atoms with van der Waals surface area (Å²) >= 11 is 3.38. The number of benzene rings is 1. The summed E-state index contributed by atoms with van der Waals surface area (Å²) in [7, 11) is 0. The van der Waals surface area contributed by atoms with Gasteiger partial charge in [-0.05, 0) is 68.7 Å². The van der Waals surface area contributed by atoms with E-state index in [1.165, 1.54) is 4.68 Å². The molecular formula is C16H20BrN3O3. The van der Waals surface area contributed by atoms with Crippen molar-refractivity contribution < 1.29 is 9.53 Å². The molecule has 1 N–H and O–H groups in total. The number of hydrogen-bond acceptors (Lipinski definition) is 4. The summed E-state index contributed by atoms with van der Waals surface area (Å²) in [6.45, 7) is 9.14. The van der Waals surface area contributed by atoms with E-state index in [-0.39, 0.29) is 11.6 Å². The van der Waals surface area contributed by atoms with Gasteiger partial charge in [0, 0.05) is 11.1 Å². The molecule has 124 valence electrons. The van der Waals surface area contributed by atoms with Crippen molar-refractivity contribution in [2.24, 2.45) is 0 Å². The van der Waals surface area contributed by atoms with Crippen LogP contribution in [0.3, 0.4) is 0 Å². The molecule has 6 nitrogen and oxygen atoms in total. The zero-order chi connectivity index (χ0) is 17.4. The number of fused-ring (bicyclic) bond motifs is 1. The van der Waals surface area contributed by atoms with E-state index in [9.17, 15) is 9.59 Å². The number of ether oxygens (including phenoxy) is 1. The molecule has 0 aliphatic rings. The molecule has 23 heavy (non-hydrogen) atoms. The van der Waals surface area contributed by atoms with E-state index in [1.54, 1.807) is 39.0 Å². The Balaban J connectivity index is 2.44. The number of halogens is 1. The molecular weight excluding hydrogens is 362 g/mol. The molecule has 0 radical (unpaired) electrons. The summed E-state index contributed by atoms with van der Waals surface area (Å²) < 4.78 is 7.21. The van der Waals surface area contributed by atoms with Gasteiger partial charge < -0.3 is 4.74 Å². The van der Waals surface area contributed by atoms with Crippen LogP contribution >= 0.6 is 15.9 Å². The highest BCUT2D eigenvalue weighted by Gasteiger charge is 2.17. The molecule has 0 fully saturated rings. The van der Waals surface area contributed by atoms with E-state index in [0.29, 0.717) is 21.1 Å². The van der Waals surface area contributed by atoms with Crippen molar-refractivity contribution >= 4 is 38.5 Å². The van der Waals surface area contributed by atoms with Crippen molar-refractivity contribution in [1.29, 1.82) is 0 Å². The van der Waals surface area contributed by atoms with Crippen molar-refractivity contribution in [3.63, 3.8) is 0 Å². The van der Waals surface area contributed by atoms with Gasteiger partial charge in [-0.2, -0.15) is 5.10 Å². The van der Waals surface area contributed by atoms with Crippen LogP contribution in [0.1, 0.15) is 40.7 Å². The van der Waals surface area contributed by atoms with Crippen molar-refractivity contribution in [2.45, 2.75) is 46.3 Å². The van der Waals surface area contributed by atoms with Crippen molar-refractivity contribution in [1.82, 2.24) is 9.78 Å². The van der Waals surface area contributed by atoms with Gasteiger partial charge in [0.15, 0.2) is 0 Å². The standard InChI is InChI=1S/C16H20BrN3O3/c1-9(2)20-14(21)12-8-10(6-7-11(12)13(17)19-20)18-15(22)23-16(3,4)5/h6-9H,1-5H3,(H,18,22). The van der Waals surface area contributed by atoms with Crippen molar-refractivity contribution in [3.8, 4) is 0 Å². The molecule has 0 saturated heterocycles. The molecule has 0 aliphatic carbocycles. The second kappa shape index (κ2) is 6.31. The Morgan fingerprint density at radius 1 is 1.30 bits per heavy atom. The van der Waals surface area contributed by atoms with Gasteiger partial charge in [-0.1, -0.05) is 0 Å². The van der Waals surface area contributed by atoms with Crippen LogP contribution < -0.4 is 10.9 Å². The van der Waals surface area contributed by atoms with Crippen LogP contribution in [0.2, 0.25) is 0 Å². The molecule has 1 heterocycles. The number of carbonyl (C=O) groups excluding carboxylic acids is 1. The SMILES string of the molecule is CC(C)n1nc(Br)c2ccc(NC(=O)OC(C)(C)C)cc2c1=O. The monoisotopic (exact) mass is 381 g/mol. The van der Waals surface area contributed by atoms with Gasteiger partial charge >= 0.3 is 6.09 Å². The number of rotatable bonds is 2. The first-order chi connectivity index (χ1) is 10.6. The number of carbonyl (C=O) groups is 1. The maximum atomic E-state index is 12.5. The summed E-state index contributed by atoms with van der Waals surface area (Å²) in [6, 6.07) is 5.02. The van der Waals surface area contributed by atoms with E-state index >= 15 is 0 Å². The Morgan fingerprint density at radius 3 is 2.52 bits per heavy atom. The average Bonchev–Trinajstić information content (AvgIpc) is 2.40. The Morgan fingerprint density at radius 2 is 1.96 bits per heavy atom. The number of amides is 1. The maximum absolute atomic E-state index is 12.5. The third-order valence-electron chi connectivity index (χ3n) is 3.01. The zero-order valence-electron chi connectivity index (χ0n) is 13.8. The largest absolute Gasteiger partial charge is 0.444 e. The lowest BCUT2D eigenvalue weighted by Crippen LogP contribution is -2.27. The minimum atomic E-state index is -0.585. The van der Waals surface area contributed by atoms with E-state index in [4.69, 9.17) is 4.74 Å².